The monoisotopic (exact) mass is 1410 g/mol. The van der Waals surface area contributed by atoms with Gasteiger partial charge in [0, 0.05) is 55.1 Å². The average Bonchev–Trinajstić information content (AvgIpc) is 1.58. The summed E-state index contributed by atoms with van der Waals surface area (Å²) in [5.74, 6) is -10.3. The molecule has 33 nitrogen and oxygen atoms in total. The van der Waals surface area contributed by atoms with Crippen molar-refractivity contribution < 1.29 is 112 Å². The number of aliphatic hydroxyl groups excluding tert-OH is 7. The molecule has 534 valence electrons. The molecular weight excluding hydrogens is 1330 g/mol. The average molecular weight is 1410 g/mol. The van der Waals surface area contributed by atoms with E-state index in [1.54, 1.807) is 0 Å². The van der Waals surface area contributed by atoms with Gasteiger partial charge in [0.15, 0.2) is 11.5 Å². The maximum Gasteiger partial charge on any atom is 0.261 e. The summed E-state index contributed by atoms with van der Waals surface area (Å²) in [5, 5.41) is 123. The zero-order valence-electron chi connectivity index (χ0n) is 53.7. The molecule has 14 atom stereocenters. The Morgan fingerprint density at radius 3 is 1.89 bits per heavy atom. The smallest absolute Gasteiger partial charge is 0.261 e. The van der Waals surface area contributed by atoms with Crippen LogP contribution in [-0.4, -0.2) is 219 Å². The minimum Gasteiger partial charge on any atom is -0.504 e. The quantitative estimate of drug-likeness (QED) is 0.0169. The van der Waals surface area contributed by atoms with Crippen molar-refractivity contribution in [2.75, 3.05) is 32.8 Å². The van der Waals surface area contributed by atoms with Gasteiger partial charge in [0.2, 0.25) is 53.1 Å². The van der Waals surface area contributed by atoms with E-state index < -0.39 is 183 Å². The number of aromatic nitrogens is 2. The maximum atomic E-state index is 14.7. The first kappa shape index (κ1) is 74.4. The first-order chi connectivity index (χ1) is 47.9. The Bertz CT molecular complexity index is 3820. The van der Waals surface area contributed by atoms with Crippen LogP contribution in [0.2, 0.25) is 0 Å². The molecule has 4 heterocycles. The number of benzene rings is 5. The number of ether oxygens (including phenoxy) is 2. The topological polar surface area (TPSA) is 496 Å². The minimum atomic E-state index is -2.54. The van der Waals surface area contributed by atoms with Crippen molar-refractivity contribution in [2.45, 2.75) is 125 Å². The van der Waals surface area contributed by atoms with Crippen LogP contribution in [0.25, 0.3) is 34.0 Å². The highest BCUT2D eigenvalue weighted by molar-refractivity contribution is 7.90. The van der Waals surface area contributed by atoms with Crippen LogP contribution < -0.4 is 46.0 Å². The molecule has 0 saturated carbocycles. The van der Waals surface area contributed by atoms with E-state index in [9.17, 15) is 79.2 Å². The lowest BCUT2D eigenvalue weighted by Gasteiger charge is -2.34. The van der Waals surface area contributed by atoms with Gasteiger partial charge in [0.1, 0.15) is 60.0 Å². The fourth-order valence-corrected chi connectivity index (χ4v) is 11.8. The van der Waals surface area contributed by atoms with Gasteiger partial charge in [0.25, 0.3) is 18.2 Å². The van der Waals surface area contributed by atoms with Crippen LogP contribution >= 0.6 is 12.3 Å². The number of aliphatic hydroxyl groups is 7. The normalized spacial score (nSPS) is 23.8. The number of hydrogen-bond donors (Lipinski definition) is 15. The van der Waals surface area contributed by atoms with E-state index >= 15 is 0 Å². The van der Waals surface area contributed by atoms with Crippen molar-refractivity contribution in [3.63, 3.8) is 0 Å². The molecular formula is C66H76N10O23S. The molecule has 3 aliphatic heterocycles. The van der Waals surface area contributed by atoms with Gasteiger partial charge in [-0.1, -0.05) is 64.8 Å². The van der Waals surface area contributed by atoms with E-state index in [1.165, 1.54) is 31.2 Å². The highest BCUT2D eigenvalue weighted by Gasteiger charge is 2.50. The number of phenols is 1. The van der Waals surface area contributed by atoms with Gasteiger partial charge >= 0.3 is 0 Å². The Labute approximate surface area is 574 Å². The molecule has 0 radical (unpaired) electrons. The van der Waals surface area contributed by atoms with Gasteiger partial charge in [-0.2, -0.15) is 0 Å². The summed E-state index contributed by atoms with van der Waals surface area (Å²) in [4.78, 5) is 115. The van der Waals surface area contributed by atoms with Gasteiger partial charge in [-0.05, 0) is 109 Å². The van der Waals surface area contributed by atoms with Crippen LogP contribution in [0.1, 0.15) is 68.0 Å². The number of amides is 8. The molecule has 0 aliphatic carbocycles. The van der Waals surface area contributed by atoms with Gasteiger partial charge < -0.3 is 101 Å². The number of nitrogens with two attached hydrogens (primary N) is 1. The summed E-state index contributed by atoms with van der Waals surface area (Å²) >= 11 is -0.0280. The number of para-hydroxylation sites is 1. The van der Waals surface area contributed by atoms with E-state index in [0.29, 0.717) is 29.2 Å². The van der Waals surface area contributed by atoms with Gasteiger partial charge in [-0.3, -0.25) is 38.4 Å². The molecule has 3 aliphatic rings. The number of β-amino-alcohol motifs (C(OH)–C–C–N with tert-alkyl or cyclic N) is 1. The predicted molar refractivity (Wildman–Crippen MR) is 348 cm³/mol. The molecule has 0 bridgehead atoms. The maximum absolute atomic E-state index is 14.7. The number of unbranched alkanes of at least 4 members (excludes halogenated alkanes) is 1. The van der Waals surface area contributed by atoms with E-state index in [1.807, 2.05) is 78.9 Å². The Morgan fingerprint density at radius 2 is 1.27 bits per heavy atom. The number of fused-ring (bicyclic) bond motifs is 2. The van der Waals surface area contributed by atoms with Crippen molar-refractivity contribution in [3.8, 4) is 57.0 Å². The third-order valence-electron chi connectivity index (χ3n) is 16.9. The molecule has 13 unspecified atom stereocenters. The molecule has 34 heteroatoms. The number of phenolic OH excluding ortho intramolecular Hbond substituents is 1. The summed E-state index contributed by atoms with van der Waals surface area (Å²) in [6.45, 7) is 1.75. The van der Waals surface area contributed by atoms with E-state index in [2.05, 4.69) is 46.2 Å². The Hall–Kier alpha value is -9.85. The number of aromatic hydroxyl groups is 1. The van der Waals surface area contributed by atoms with Crippen molar-refractivity contribution in [1.82, 2.24) is 46.6 Å². The fraction of sp³-hybridized carbons (Fsp3) is 0.394. The molecule has 5 aromatic carbocycles. The van der Waals surface area contributed by atoms with E-state index in [-0.39, 0.29) is 35.2 Å². The van der Waals surface area contributed by atoms with E-state index in [0.717, 1.165) is 65.5 Å². The number of rotatable bonds is 23. The summed E-state index contributed by atoms with van der Waals surface area (Å²) in [6, 6.07) is 20.9. The second kappa shape index (κ2) is 34.3. The molecule has 9 rings (SSSR count). The molecule has 8 amide bonds. The summed E-state index contributed by atoms with van der Waals surface area (Å²) in [7, 11) is 0. The summed E-state index contributed by atoms with van der Waals surface area (Å²) in [6.07, 6.45) is -14.6. The van der Waals surface area contributed by atoms with Crippen LogP contribution in [-0.2, 0) is 42.9 Å². The first-order valence-corrected chi connectivity index (χ1v) is 32.3. The van der Waals surface area contributed by atoms with Gasteiger partial charge in [0.05, 0.1) is 50.2 Å². The lowest BCUT2D eigenvalue weighted by atomic mass is 9.96. The lowest BCUT2D eigenvalue weighted by molar-refractivity contribution is -0.433. The molecule has 1 aromatic heterocycles. The van der Waals surface area contributed by atoms with Crippen molar-refractivity contribution in [2.24, 2.45) is 11.7 Å². The highest BCUT2D eigenvalue weighted by atomic mass is 32.2. The summed E-state index contributed by atoms with van der Waals surface area (Å²) in [5.41, 5.74) is 7.80. The third-order valence-corrected chi connectivity index (χ3v) is 17.3. The zero-order chi connectivity index (χ0) is 71.9. The van der Waals surface area contributed by atoms with Crippen LogP contribution in [0, 0.1) is 5.92 Å². The largest absolute Gasteiger partial charge is 0.504 e. The zero-order valence-corrected chi connectivity index (χ0v) is 54.5. The van der Waals surface area contributed by atoms with Crippen LogP contribution in [0.3, 0.4) is 0 Å². The fourth-order valence-electron chi connectivity index (χ4n) is 11.5. The molecule has 3 saturated heterocycles. The molecule has 16 N–H and O–H groups in total. The van der Waals surface area contributed by atoms with E-state index in [4.69, 9.17) is 29.1 Å². The standard InChI is InChI=1S/C66H76N10O23S/c1-33-31-76-54(55(33)83)62(90)68-30-41(78)27-45(69-58(86)37-12-16-39(17-13-37)64-74-73-63(96-64)38-14-10-35(11-15-38)36-18-21-44(22-19-36)95-25-7-6-24-94-43-8-4-3-5-9-43)59(87)70-51(34(2)77)65(91)75-32-42(79)28-46(75)60(88)72-53(61(89)71-52(66(76)92)48(81)29-50(67)82)57(85)56(84)40-20-23-47(80)49(26-40)97-100-99-98-93/h3-5,8-23,26,33-34,41-42,45-46,48,51-57,77-81,83-85,93H,6-7,24-25,27-32H2,1-2H3,(H2,67,82)(H,68,90)(H,69,86)(H,70,87)(H,71,89)(H,72,88)/t33?,34?,41?,42?,45-,46?,48?,51?,52?,53?,54?,55?,56?,57?/m0/s1. The number of primary amides is 1. The van der Waals surface area contributed by atoms with Crippen molar-refractivity contribution in [3.05, 3.63) is 132 Å². The van der Waals surface area contributed by atoms with Crippen molar-refractivity contribution >= 4 is 59.6 Å². The molecule has 3 fully saturated rings. The first-order valence-electron chi connectivity index (χ1n) is 31.6. The second-order valence-corrected chi connectivity index (χ2v) is 24.6. The second-order valence-electron chi connectivity index (χ2n) is 24.2. The molecule has 100 heavy (non-hydrogen) atoms. The van der Waals surface area contributed by atoms with Crippen LogP contribution in [0.5, 0.6) is 23.0 Å². The Morgan fingerprint density at radius 1 is 0.690 bits per heavy atom. The molecule has 0 spiro atoms. The number of nitrogens with zero attached hydrogens (tertiary/aromatic N) is 4. The van der Waals surface area contributed by atoms with Gasteiger partial charge in [-0.15, -0.1) is 10.2 Å². The highest BCUT2D eigenvalue weighted by Crippen LogP contribution is 2.35. The lowest BCUT2D eigenvalue weighted by Crippen LogP contribution is -2.64. The number of hydrogen-bond acceptors (Lipinski definition) is 26. The van der Waals surface area contributed by atoms with Crippen molar-refractivity contribution in [1.29, 1.82) is 0 Å². The van der Waals surface area contributed by atoms with Crippen LogP contribution in [0.4, 0.5) is 0 Å². The Kier molecular flexibility index (Phi) is 25.5. The van der Waals surface area contributed by atoms with Crippen LogP contribution in [0.15, 0.2) is 126 Å². The van der Waals surface area contributed by atoms with Gasteiger partial charge in [-0.25, -0.2) is 5.26 Å². The minimum absolute atomic E-state index is 0.0280. The third kappa shape index (κ3) is 18.7. The number of carbonyl (C=O) groups is 8. The summed E-state index contributed by atoms with van der Waals surface area (Å²) < 4.78 is 26.9. The number of nitrogens with one attached hydrogen (secondary N) is 5. The Balaban J connectivity index is 0.933. The number of carbonyl (C=O) groups excluding carboxylic acids is 8. The predicted octanol–water partition coefficient (Wildman–Crippen LogP) is -0.308. The molecule has 6 aromatic rings. The SMILES string of the molecule is CC(O)C1NC(=O)[C@@H](NC(=O)c2ccc(-c3nnc(-c4ccc(-c5ccc(OCCCCOc6ccccc6)cc5)cc4)o3)cc2)CC(O)CNC(=O)C2C(O)C(C)CN2C(=O)C(C(O)CC(N)=O)NC(=O)C(C(O)C(O)c2ccc(O)c(OSOOO)c2)NC(=O)C2CC(O)CN2C1=O.